The van der Waals surface area contributed by atoms with Gasteiger partial charge in [0, 0.05) is 10.0 Å². The number of ether oxygens (including phenoxy) is 2. The Kier molecular flexibility index (Phi) is 9.91. The normalized spacial score (nSPS) is 17.0. The summed E-state index contributed by atoms with van der Waals surface area (Å²) in [5, 5.41) is 12.2. The van der Waals surface area contributed by atoms with Gasteiger partial charge in [-0.3, -0.25) is 4.79 Å². The number of nitrogens with zero attached hydrogens (tertiary/aromatic N) is 2. The van der Waals surface area contributed by atoms with E-state index in [1.54, 1.807) is 31.5 Å². The number of nitrogens with one attached hydrogen (secondary N) is 1. The van der Waals surface area contributed by atoms with Crippen molar-refractivity contribution >= 4 is 52.3 Å². The van der Waals surface area contributed by atoms with Gasteiger partial charge in [0.1, 0.15) is 0 Å². The number of rotatable bonds is 11. The summed E-state index contributed by atoms with van der Waals surface area (Å²) in [7, 11) is 1.61. The molecule has 9 heteroatoms. The Labute approximate surface area is 208 Å². The minimum atomic E-state index is -0.370. The van der Waals surface area contributed by atoms with Crippen LogP contribution < -0.4 is 14.8 Å². The summed E-state index contributed by atoms with van der Waals surface area (Å²) in [6, 6.07) is 10.9. The molecule has 0 unspecified atom stereocenters. The quantitative estimate of drug-likeness (QED) is 0.225. The first kappa shape index (κ1) is 25.4. The molecule has 1 aliphatic rings. The minimum Gasteiger partial charge on any atom is -0.493 e. The molecule has 176 valence electrons. The Morgan fingerprint density at radius 2 is 1.91 bits per heavy atom. The van der Waals surface area contributed by atoms with Crippen LogP contribution in [0.15, 0.2) is 46.6 Å². The standard InChI is InChI=1S/C24H27Cl2N3O3S/c1-3-4-5-6-12-32-20-11-10-16(13-21(20)31-2)15-27-29-24-28-23(30)22(33-24)14-17-18(25)8-7-9-19(17)26/h7-11,13,15,22H,3-6,12,14H2,1-2H3,(H,28,29,30)/b27-15-/t22-/m1/s1. The molecular formula is C24H27Cl2N3O3S. The van der Waals surface area contributed by atoms with Crippen LogP contribution in [0.5, 0.6) is 11.5 Å². The summed E-state index contributed by atoms with van der Waals surface area (Å²) in [5.74, 6) is 1.20. The highest BCUT2D eigenvalue weighted by atomic mass is 35.5. The van der Waals surface area contributed by atoms with Gasteiger partial charge in [-0.2, -0.15) is 5.10 Å². The van der Waals surface area contributed by atoms with Crippen LogP contribution in [0, 0.1) is 0 Å². The third-order valence-electron chi connectivity index (χ3n) is 5.03. The number of amides is 1. The SMILES string of the molecule is CCCCCCOc1ccc(/C=N\N=C2/NC(=O)[C@@H](Cc3c(Cl)cccc3Cl)S2)cc1OC. The largest absolute Gasteiger partial charge is 0.493 e. The summed E-state index contributed by atoms with van der Waals surface area (Å²) >= 11 is 13.8. The van der Waals surface area contributed by atoms with E-state index < -0.39 is 0 Å². The molecule has 1 atom stereocenters. The highest BCUT2D eigenvalue weighted by Gasteiger charge is 2.31. The molecule has 1 amide bonds. The second-order valence-corrected chi connectivity index (χ2v) is 9.48. The van der Waals surface area contributed by atoms with Crippen molar-refractivity contribution in [2.75, 3.05) is 13.7 Å². The van der Waals surface area contributed by atoms with Crippen molar-refractivity contribution in [3.05, 3.63) is 57.6 Å². The number of amidine groups is 1. The van der Waals surface area contributed by atoms with Crippen molar-refractivity contribution in [1.29, 1.82) is 0 Å². The zero-order valence-corrected chi connectivity index (χ0v) is 21.0. The van der Waals surface area contributed by atoms with E-state index in [2.05, 4.69) is 22.4 Å². The molecule has 1 N–H and O–H groups in total. The van der Waals surface area contributed by atoms with Crippen LogP contribution >= 0.6 is 35.0 Å². The van der Waals surface area contributed by atoms with E-state index in [0.29, 0.717) is 39.7 Å². The lowest BCUT2D eigenvalue weighted by atomic mass is 10.1. The lowest BCUT2D eigenvalue weighted by molar-refractivity contribution is -0.118. The zero-order chi connectivity index (χ0) is 23.6. The second-order valence-electron chi connectivity index (χ2n) is 7.47. The van der Waals surface area contributed by atoms with Gasteiger partial charge in [-0.25, -0.2) is 0 Å². The first-order valence-electron chi connectivity index (χ1n) is 10.8. The van der Waals surface area contributed by atoms with Crippen LogP contribution in [-0.4, -0.2) is 36.3 Å². The molecule has 2 aromatic carbocycles. The number of unbranched alkanes of at least 4 members (excludes halogenated alkanes) is 3. The summed E-state index contributed by atoms with van der Waals surface area (Å²) in [6.07, 6.45) is 6.60. The number of methoxy groups -OCH3 is 1. The fourth-order valence-electron chi connectivity index (χ4n) is 3.24. The zero-order valence-electron chi connectivity index (χ0n) is 18.6. The van der Waals surface area contributed by atoms with Gasteiger partial charge in [0.2, 0.25) is 5.91 Å². The van der Waals surface area contributed by atoms with Gasteiger partial charge in [-0.1, -0.05) is 67.2 Å². The molecule has 0 aromatic heterocycles. The van der Waals surface area contributed by atoms with Crippen molar-refractivity contribution in [3.8, 4) is 11.5 Å². The molecule has 2 aromatic rings. The van der Waals surface area contributed by atoms with Gasteiger partial charge >= 0.3 is 0 Å². The summed E-state index contributed by atoms with van der Waals surface area (Å²) in [4.78, 5) is 12.3. The Bertz CT molecular complexity index is 1010. The molecule has 33 heavy (non-hydrogen) atoms. The molecule has 6 nitrogen and oxygen atoms in total. The first-order chi connectivity index (χ1) is 16.0. The molecule has 0 saturated carbocycles. The molecule has 1 fully saturated rings. The van der Waals surface area contributed by atoms with Crippen LogP contribution in [-0.2, 0) is 11.2 Å². The lowest BCUT2D eigenvalue weighted by Gasteiger charge is -2.11. The molecule has 3 rings (SSSR count). The van der Waals surface area contributed by atoms with Crippen LogP contribution in [0.2, 0.25) is 10.0 Å². The topological polar surface area (TPSA) is 72.3 Å². The van der Waals surface area contributed by atoms with Crippen LogP contribution in [0.1, 0.15) is 43.7 Å². The molecule has 0 bridgehead atoms. The van der Waals surface area contributed by atoms with Gasteiger partial charge in [-0.05, 0) is 54.3 Å². The Morgan fingerprint density at radius 3 is 2.64 bits per heavy atom. The average Bonchev–Trinajstić information content (AvgIpc) is 3.15. The average molecular weight is 508 g/mol. The second kappa shape index (κ2) is 12.9. The van der Waals surface area contributed by atoms with Crippen molar-refractivity contribution in [1.82, 2.24) is 5.32 Å². The Hall–Kier alpha value is -2.22. The maximum atomic E-state index is 12.3. The Morgan fingerprint density at radius 1 is 1.12 bits per heavy atom. The third-order valence-corrected chi connectivity index (χ3v) is 6.81. The molecule has 0 radical (unpaired) electrons. The van der Waals surface area contributed by atoms with Gasteiger partial charge in [-0.15, -0.1) is 5.10 Å². The maximum Gasteiger partial charge on any atom is 0.239 e. The Balaban J connectivity index is 1.58. The van der Waals surface area contributed by atoms with E-state index in [4.69, 9.17) is 32.7 Å². The van der Waals surface area contributed by atoms with E-state index in [-0.39, 0.29) is 11.2 Å². The maximum absolute atomic E-state index is 12.3. The smallest absolute Gasteiger partial charge is 0.239 e. The molecule has 1 aliphatic heterocycles. The number of hydrogen-bond acceptors (Lipinski definition) is 6. The predicted octanol–water partition coefficient (Wildman–Crippen LogP) is 6.13. The molecular weight excluding hydrogens is 481 g/mol. The van der Waals surface area contributed by atoms with Gasteiger partial charge in [0.05, 0.1) is 25.2 Å². The fraction of sp³-hybridized carbons (Fsp3) is 0.375. The van der Waals surface area contributed by atoms with Gasteiger partial charge in [0.25, 0.3) is 0 Å². The van der Waals surface area contributed by atoms with Crippen LogP contribution in [0.4, 0.5) is 0 Å². The van der Waals surface area contributed by atoms with Crippen LogP contribution in [0.25, 0.3) is 0 Å². The number of thioether (sulfide) groups is 1. The molecule has 0 spiro atoms. The van der Waals surface area contributed by atoms with Crippen molar-refractivity contribution < 1.29 is 14.3 Å². The lowest BCUT2D eigenvalue weighted by Crippen LogP contribution is -2.26. The number of halogens is 2. The molecule has 0 aliphatic carbocycles. The first-order valence-corrected chi connectivity index (χ1v) is 12.5. The van der Waals surface area contributed by atoms with E-state index in [9.17, 15) is 4.79 Å². The highest BCUT2D eigenvalue weighted by molar-refractivity contribution is 8.15. The van der Waals surface area contributed by atoms with E-state index in [1.165, 1.54) is 24.6 Å². The molecule has 1 saturated heterocycles. The highest BCUT2D eigenvalue weighted by Crippen LogP contribution is 2.31. The van der Waals surface area contributed by atoms with E-state index in [0.717, 1.165) is 24.0 Å². The monoisotopic (exact) mass is 507 g/mol. The van der Waals surface area contributed by atoms with Crippen molar-refractivity contribution in [2.45, 2.75) is 44.3 Å². The number of benzene rings is 2. The number of carbonyl (C=O) groups excluding carboxylic acids is 1. The fourth-order valence-corrected chi connectivity index (χ4v) is 4.73. The van der Waals surface area contributed by atoms with Crippen molar-refractivity contribution in [2.24, 2.45) is 10.2 Å². The van der Waals surface area contributed by atoms with Gasteiger partial charge in [0.15, 0.2) is 16.7 Å². The third kappa shape index (κ3) is 7.39. The predicted molar refractivity (Wildman–Crippen MR) is 137 cm³/mol. The number of hydrogen-bond donors (Lipinski definition) is 1. The summed E-state index contributed by atoms with van der Waals surface area (Å²) < 4.78 is 11.3. The minimum absolute atomic E-state index is 0.146. The summed E-state index contributed by atoms with van der Waals surface area (Å²) in [6.45, 7) is 2.85. The van der Waals surface area contributed by atoms with E-state index in [1.807, 2.05) is 18.2 Å². The van der Waals surface area contributed by atoms with Crippen LogP contribution in [0.3, 0.4) is 0 Å². The van der Waals surface area contributed by atoms with Crippen molar-refractivity contribution in [3.63, 3.8) is 0 Å². The summed E-state index contributed by atoms with van der Waals surface area (Å²) in [5.41, 5.74) is 1.56. The number of carbonyl (C=O) groups is 1. The van der Waals surface area contributed by atoms with E-state index >= 15 is 0 Å². The molecule has 1 heterocycles. The van der Waals surface area contributed by atoms with Gasteiger partial charge < -0.3 is 14.8 Å².